The Morgan fingerprint density at radius 2 is 1.68 bits per heavy atom. The molecule has 5 atom stereocenters. The van der Waals surface area contributed by atoms with Gasteiger partial charge >= 0.3 is 0 Å². The third kappa shape index (κ3) is 2.28. The minimum atomic E-state index is -0.457. The molecule has 5 unspecified atom stereocenters. The molecule has 3 aliphatic carbocycles. The molecule has 2 nitrogen and oxygen atoms in total. The van der Waals surface area contributed by atoms with Gasteiger partial charge in [0.15, 0.2) is 0 Å². The molecule has 0 aromatic carbocycles. The summed E-state index contributed by atoms with van der Waals surface area (Å²) in [6, 6.07) is 0. The van der Waals surface area contributed by atoms with E-state index in [1.54, 1.807) is 0 Å². The van der Waals surface area contributed by atoms with Gasteiger partial charge in [0.2, 0.25) is 0 Å². The van der Waals surface area contributed by atoms with Crippen molar-refractivity contribution >= 4 is 0 Å². The minimum absolute atomic E-state index is 0.0652. The summed E-state index contributed by atoms with van der Waals surface area (Å²) >= 11 is 0. The first kappa shape index (κ1) is 16.8. The zero-order valence-corrected chi connectivity index (χ0v) is 15.1. The Labute approximate surface area is 136 Å². The molecule has 22 heavy (non-hydrogen) atoms. The minimum Gasteiger partial charge on any atom is -0.396 e. The van der Waals surface area contributed by atoms with Crippen LogP contribution in [0.4, 0.5) is 0 Å². The van der Waals surface area contributed by atoms with Gasteiger partial charge in [-0.05, 0) is 79.4 Å². The Kier molecular flexibility index (Phi) is 3.97. The maximum Gasteiger partial charge on any atom is 0.0731 e. The Morgan fingerprint density at radius 3 is 2.36 bits per heavy atom. The fourth-order valence-electron chi connectivity index (χ4n) is 6.55. The van der Waals surface area contributed by atoms with E-state index in [-0.39, 0.29) is 5.41 Å². The predicted octanol–water partition coefficient (Wildman–Crippen LogP) is 4.53. The van der Waals surface area contributed by atoms with Crippen molar-refractivity contribution in [2.45, 2.75) is 91.1 Å². The Hall–Kier alpha value is -0.0800. The molecule has 2 heteroatoms. The highest BCUT2D eigenvalue weighted by Gasteiger charge is 2.62. The van der Waals surface area contributed by atoms with Gasteiger partial charge < -0.3 is 10.2 Å². The molecule has 0 aliphatic heterocycles. The van der Waals surface area contributed by atoms with Crippen molar-refractivity contribution in [3.05, 3.63) is 0 Å². The Balaban J connectivity index is 1.88. The number of aliphatic hydroxyl groups excluding tert-OH is 1. The van der Waals surface area contributed by atoms with Crippen LogP contribution in [0.3, 0.4) is 0 Å². The molecule has 3 rings (SSSR count). The second kappa shape index (κ2) is 5.21. The van der Waals surface area contributed by atoms with Gasteiger partial charge in [-0.3, -0.25) is 0 Å². The van der Waals surface area contributed by atoms with E-state index in [9.17, 15) is 10.2 Å². The lowest BCUT2D eigenvalue weighted by Crippen LogP contribution is -2.63. The van der Waals surface area contributed by atoms with Crippen LogP contribution >= 0.6 is 0 Å². The molecule has 0 heterocycles. The van der Waals surface area contributed by atoms with Crippen molar-refractivity contribution in [1.29, 1.82) is 0 Å². The zero-order chi connectivity index (χ0) is 16.2. The molecule has 128 valence electrons. The maximum atomic E-state index is 11.6. The van der Waals surface area contributed by atoms with E-state index in [1.807, 2.05) is 0 Å². The Bertz CT molecular complexity index is 431. The third-order valence-electron chi connectivity index (χ3n) is 8.37. The van der Waals surface area contributed by atoms with Gasteiger partial charge in [-0.2, -0.15) is 0 Å². The first-order valence-corrected chi connectivity index (χ1v) is 9.50. The van der Waals surface area contributed by atoms with Gasteiger partial charge in [0.05, 0.1) is 5.60 Å². The molecule has 3 aliphatic rings. The van der Waals surface area contributed by atoms with Crippen LogP contribution < -0.4 is 0 Å². The lowest BCUT2D eigenvalue weighted by atomic mass is 9.42. The van der Waals surface area contributed by atoms with Crippen LogP contribution in [0.2, 0.25) is 0 Å². The summed E-state index contributed by atoms with van der Waals surface area (Å²) in [5.74, 6) is 1.21. The summed E-state index contributed by atoms with van der Waals surface area (Å²) in [7, 11) is 0. The number of hydrogen-bond acceptors (Lipinski definition) is 2. The van der Waals surface area contributed by atoms with E-state index in [2.05, 4.69) is 27.7 Å². The van der Waals surface area contributed by atoms with Crippen molar-refractivity contribution in [3.63, 3.8) is 0 Å². The van der Waals surface area contributed by atoms with Crippen LogP contribution in [0.15, 0.2) is 0 Å². The molecule has 0 radical (unpaired) electrons. The van der Waals surface area contributed by atoms with E-state index >= 15 is 0 Å². The third-order valence-corrected chi connectivity index (χ3v) is 8.37. The van der Waals surface area contributed by atoms with Crippen molar-refractivity contribution in [2.24, 2.45) is 28.1 Å². The zero-order valence-electron chi connectivity index (χ0n) is 15.1. The van der Waals surface area contributed by atoms with Gasteiger partial charge in [-0.25, -0.2) is 0 Å². The normalized spacial score (nSPS) is 51.0. The van der Waals surface area contributed by atoms with Crippen molar-refractivity contribution in [3.8, 4) is 0 Å². The van der Waals surface area contributed by atoms with Gasteiger partial charge in [-0.1, -0.05) is 34.1 Å². The maximum absolute atomic E-state index is 11.6. The number of rotatable bonds is 2. The smallest absolute Gasteiger partial charge is 0.0731 e. The highest BCUT2D eigenvalue weighted by atomic mass is 16.3. The van der Waals surface area contributed by atoms with Gasteiger partial charge in [-0.15, -0.1) is 0 Å². The van der Waals surface area contributed by atoms with Gasteiger partial charge in [0, 0.05) is 6.61 Å². The average molecular weight is 309 g/mol. The number of aliphatic hydroxyl groups is 2. The molecule has 0 spiro atoms. The Morgan fingerprint density at radius 1 is 0.955 bits per heavy atom. The predicted molar refractivity (Wildman–Crippen MR) is 90.6 cm³/mol. The second-order valence-electron chi connectivity index (χ2n) is 9.98. The fourth-order valence-corrected chi connectivity index (χ4v) is 6.55. The van der Waals surface area contributed by atoms with Crippen LogP contribution in [-0.2, 0) is 0 Å². The number of fused-ring (bicyclic) bond motifs is 3. The molecule has 0 saturated heterocycles. The van der Waals surface area contributed by atoms with E-state index < -0.39 is 5.60 Å². The molecule has 0 aromatic heterocycles. The highest BCUT2D eigenvalue weighted by Crippen LogP contribution is 2.66. The van der Waals surface area contributed by atoms with E-state index in [0.29, 0.717) is 23.4 Å². The van der Waals surface area contributed by atoms with E-state index in [0.717, 1.165) is 18.8 Å². The van der Waals surface area contributed by atoms with Crippen LogP contribution in [0, 0.1) is 28.1 Å². The molecule has 0 aromatic rings. The fraction of sp³-hybridized carbons (Fsp3) is 1.00. The molecule has 3 saturated carbocycles. The summed E-state index contributed by atoms with van der Waals surface area (Å²) in [4.78, 5) is 0. The first-order chi connectivity index (χ1) is 10.2. The summed E-state index contributed by atoms with van der Waals surface area (Å²) < 4.78 is 0. The summed E-state index contributed by atoms with van der Waals surface area (Å²) in [5.41, 5.74) is 0.231. The first-order valence-electron chi connectivity index (χ1n) is 9.50. The average Bonchev–Trinajstić information content (AvgIpc) is 2.43. The van der Waals surface area contributed by atoms with Crippen LogP contribution in [0.1, 0.15) is 85.5 Å². The molecular weight excluding hydrogens is 272 g/mol. The topological polar surface area (TPSA) is 40.5 Å². The van der Waals surface area contributed by atoms with Gasteiger partial charge in [0.25, 0.3) is 0 Å². The molecule has 0 amide bonds. The molecule has 3 fully saturated rings. The molecule has 2 N–H and O–H groups in total. The van der Waals surface area contributed by atoms with E-state index in [4.69, 9.17) is 0 Å². The van der Waals surface area contributed by atoms with Crippen LogP contribution in [-0.4, -0.2) is 22.4 Å². The largest absolute Gasteiger partial charge is 0.396 e. The monoisotopic (exact) mass is 308 g/mol. The van der Waals surface area contributed by atoms with Crippen LogP contribution in [0.5, 0.6) is 0 Å². The standard InChI is InChI=1S/C20H36O2/c1-17(2)8-5-6-16-19(4)11-10-18(3,12-13-21)14-15(19)7-9-20(16,17)22/h15-16,21-22H,5-14H2,1-4H3. The lowest BCUT2D eigenvalue weighted by Gasteiger charge is -2.65. The van der Waals surface area contributed by atoms with Crippen molar-refractivity contribution in [1.82, 2.24) is 0 Å². The summed E-state index contributed by atoms with van der Waals surface area (Å²) in [6.45, 7) is 9.75. The van der Waals surface area contributed by atoms with E-state index in [1.165, 1.54) is 44.9 Å². The molecular formula is C20H36O2. The second-order valence-corrected chi connectivity index (χ2v) is 9.98. The summed E-state index contributed by atoms with van der Waals surface area (Å²) in [6.07, 6.45) is 10.5. The highest BCUT2D eigenvalue weighted by molar-refractivity contribution is 5.13. The lowest BCUT2D eigenvalue weighted by molar-refractivity contribution is -0.227. The van der Waals surface area contributed by atoms with Crippen LogP contribution in [0.25, 0.3) is 0 Å². The summed E-state index contributed by atoms with van der Waals surface area (Å²) in [5, 5.41) is 21.0. The molecule has 0 bridgehead atoms. The number of hydrogen-bond donors (Lipinski definition) is 2. The van der Waals surface area contributed by atoms with Crippen molar-refractivity contribution < 1.29 is 10.2 Å². The van der Waals surface area contributed by atoms with Gasteiger partial charge in [0.1, 0.15) is 0 Å². The van der Waals surface area contributed by atoms with Crippen molar-refractivity contribution in [2.75, 3.05) is 6.61 Å². The SMILES string of the molecule is CC1(CCO)CCC2(C)C(CCC3(O)C2CCCC3(C)C)C1. The quantitative estimate of drug-likeness (QED) is 0.786.